The van der Waals surface area contributed by atoms with Crippen LogP contribution in [0.15, 0.2) is 0 Å². The molecule has 1 aliphatic heterocycles. The maximum atomic E-state index is 13.3. The summed E-state index contributed by atoms with van der Waals surface area (Å²) >= 11 is 0. The lowest BCUT2D eigenvalue weighted by atomic mass is 9.77. The van der Waals surface area contributed by atoms with Crippen molar-refractivity contribution in [1.29, 1.82) is 0 Å². The van der Waals surface area contributed by atoms with Crippen molar-refractivity contribution in [3.63, 3.8) is 0 Å². The third-order valence-corrected chi connectivity index (χ3v) is 5.20. The van der Waals surface area contributed by atoms with Crippen molar-refractivity contribution in [2.24, 2.45) is 11.3 Å². The molecule has 0 radical (unpaired) electrons. The predicted octanol–water partition coefficient (Wildman–Crippen LogP) is 3.58. The van der Waals surface area contributed by atoms with Gasteiger partial charge in [-0.05, 0) is 51.0 Å². The number of hydrogen-bond donors (Lipinski definition) is 1. The number of amides is 1. The minimum Gasteiger partial charge on any atom is -0.341 e. The first-order valence-electron chi connectivity index (χ1n) is 9.10. The van der Waals surface area contributed by atoms with Gasteiger partial charge in [0.2, 0.25) is 5.91 Å². The molecule has 1 aliphatic carbocycles. The molecule has 21 heavy (non-hydrogen) atoms. The molecule has 1 unspecified atom stereocenters. The van der Waals surface area contributed by atoms with Crippen molar-refractivity contribution in [1.82, 2.24) is 10.2 Å². The van der Waals surface area contributed by atoms with E-state index in [9.17, 15) is 4.79 Å². The van der Waals surface area contributed by atoms with Gasteiger partial charge < -0.3 is 10.2 Å². The minimum atomic E-state index is -0.0397. The zero-order valence-electron chi connectivity index (χ0n) is 14.3. The van der Waals surface area contributed by atoms with Gasteiger partial charge in [-0.25, -0.2) is 0 Å². The Morgan fingerprint density at radius 2 is 2.00 bits per heavy atom. The summed E-state index contributed by atoms with van der Waals surface area (Å²) in [5.74, 6) is 1.07. The highest BCUT2D eigenvalue weighted by molar-refractivity contribution is 5.83. The van der Waals surface area contributed by atoms with E-state index in [1.807, 2.05) is 0 Å². The van der Waals surface area contributed by atoms with Gasteiger partial charge in [-0.1, -0.05) is 33.6 Å². The van der Waals surface area contributed by atoms with E-state index >= 15 is 0 Å². The van der Waals surface area contributed by atoms with Gasteiger partial charge in [0.25, 0.3) is 0 Å². The van der Waals surface area contributed by atoms with Gasteiger partial charge in [0.15, 0.2) is 0 Å². The van der Waals surface area contributed by atoms with Gasteiger partial charge in [0.1, 0.15) is 0 Å². The molecule has 0 aromatic heterocycles. The monoisotopic (exact) mass is 294 g/mol. The van der Waals surface area contributed by atoms with Gasteiger partial charge in [-0.15, -0.1) is 0 Å². The van der Waals surface area contributed by atoms with Gasteiger partial charge in [-0.2, -0.15) is 0 Å². The summed E-state index contributed by atoms with van der Waals surface area (Å²) < 4.78 is 0. The summed E-state index contributed by atoms with van der Waals surface area (Å²) in [6.45, 7) is 9.68. The number of nitrogens with zero attached hydrogens (tertiary/aromatic N) is 1. The topological polar surface area (TPSA) is 32.3 Å². The van der Waals surface area contributed by atoms with Crippen molar-refractivity contribution in [2.45, 2.75) is 78.2 Å². The molecule has 0 bridgehead atoms. The van der Waals surface area contributed by atoms with Gasteiger partial charge >= 0.3 is 0 Å². The van der Waals surface area contributed by atoms with Crippen LogP contribution in [0.4, 0.5) is 0 Å². The number of nitrogens with one attached hydrogen (secondary N) is 1. The van der Waals surface area contributed by atoms with Crippen molar-refractivity contribution < 1.29 is 4.79 Å². The van der Waals surface area contributed by atoms with Crippen LogP contribution in [0.3, 0.4) is 0 Å². The van der Waals surface area contributed by atoms with Crippen LogP contribution in [-0.2, 0) is 4.79 Å². The molecule has 3 nitrogen and oxygen atoms in total. The average Bonchev–Trinajstić information content (AvgIpc) is 3.09. The highest BCUT2D eigenvalue weighted by atomic mass is 16.2. The van der Waals surface area contributed by atoms with E-state index in [-0.39, 0.29) is 5.41 Å². The lowest BCUT2D eigenvalue weighted by Crippen LogP contribution is -2.48. The van der Waals surface area contributed by atoms with Crippen LogP contribution >= 0.6 is 0 Å². The van der Waals surface area contributed by atoms with E-state index < -0.39 is 0 Å². The van der Waals surface area contributed by atoms with Gasteiger partial charge in [0.05, 0.1) is 0 Å². The summed E-state index contributed by atoms with van der Waals surface area (Å²) in [6.07, 6.45) is 9.33. The van der Waals surface area contributed by atoms with Crippen LogP contribution in [0.2, 0.25) is 0 Å². The molecule has 0 spiro atoms. The minimum absolute atomic E-state index is 0.0397. The molecule has 3 heteroatoms. The Bertz CT molecular complexity index is 328. The van der Waals surface area contributed by atoms with Crippen molar-refractivity contribution in [2.75, 3.05) is 19.6 Å². The Morgan fingerprint density at radius 1 is 1.29 bits per heavy atom. The quantitative estimate of drug-likeness (QED) is 0.778. The smallest absolute Gasteiger partial charge is 0.228 e. The Balaban J connectivity index is 2.06. The highest BCUT2D eigenvalue weighted by Crippen LogP contribution is 2.44. The van der Waals surface area contributed by atoms with Crippen LogP contribution in [0.1, 0.15) is 72.1 Å². The first kappa shape index (κ1) is 16.8. The Hall–Kier alpha value is -0.570. The van der Waals surface area contributed by atoms with Crippen LogP contribution in [0.25, 0.3) is 0 Å². The van der Waals surface area contributed by atoms with Gasteiger partial charge in [0, 0.05) is 24.5 Å². The lowest BCUT2D eigenvalue weighted by Gasteiger charge is -2.36. The van der Waals surface area contributed by atoms with Crippen molar-refractivity contribution in [3.05, 3.63) is 0 Å². The summed E-state index contributed by atoms with van der Waals surface area (Å²) in [5, 5.41) is 3.55. The molecule has 1 heterocycles. The molecular formula is C18H34N2O. The fourth-order valence-electron chi connectivity index (χ4n) is 4.40. The maximum Gasteiger partial charge on any atom is 0.228 e. The average molecular weight is 294 g/mol. The Kier molecular flexibility index (Phi) is 6.09. The molecule has 1 saturated carbocycles. The molecule has 1 atom stereocenters. The molecule has 0 aromatic rings. The number of carbonyl (C=O) groups excluding carboxylic acids is 1. The van der Waals surface area contributed by atoms with E-state index in [1.54, 1.807) is 0 Å². The summed E-state index contributed by atoms with van der Waals surface area (Å²) in [5.41, 5.74) is -0.0397. The second-order valence-electron chi connectivity index (χ2n) is 7.63. The molecule has 0 aromatic carbocycles. The molecule has 1 N–H and O–H groups in total. The van der Waals surface area contributed by atoms with Crippen molar-refractivity contribution >= 4 is 5.91 Å². The molecule has 1 amide bonds. The lowest BCUT2D eigenvalue weighted by molar-refractivity contribution is -0.143. The Morgan fingerprint density at radius 3 is 2.52 bits per heavy atom. The second kappa shape index (κ2) is 7.62. The van der Waals surface area contributed by atoms with E-state index in [1.165, 1.54) is 25.7 Å². The molecule has 2 rings (SSSR count). The number of carbonyl (C=O) groups is 1. The zero-order valence-corrected chi connectivity index (χ0v) is 14.3. The van der Waals surface area contributed by atoms with E-state index in [0.717, 1.165) is 45.3 Å². The standard InChI is InChI=1S/C18H34N2O/c1-4-12-20(14-16-8-7-11-19-16)17(21)18(13-15(2)3)9-5-6-10-18/h15-16,19H,4-14H2,1-3H3. The first-order chi connectivity index (χ1) is 10.1. The summed E-state index contributed by atoms with van der Waals surface area (Å²) in [6, 6.07) is 0.526. The number of hydrogen-bond acceptors (Lipinski definition) is 2. The normalized spacial score (nSPS) is 24.7. The van der Waals surface area contributed by atoms with Gasteiger partial charge in [-0.3, -0.25) is 4.79 Å². The van der Waals surface area contributed by atoms with Crippen molar-refractivity contribution in [3.8, 4) is 0 Å². The summed E-state index contributed by atoms with van der Waals surface area (Å²) in [7, 11) is 0. The fourth-order valence-corrected chi connectivity index (χ4v) is 4.40. The SMILES string of the molecule is CCCN(CC1CCCN1)C(=O)C1(CC(C)C)CCCC1. The summed E-state index contributed by atoms with van der Waals surface area (Å²) in [4.78, 5) is 15.5. The first-order valence-corrected chi connectivity index (χ1v) is 9.10. The molecule has 2 fully saturated rings. The molecule has 1 saturated heterocycles. The third-order valence-electron chi connectivity index (χ3n) is 5.20. The van der Waals surface area contributed by atoms with Crippen LogP contribution in [-0.4, -0.2) is 36.5 Å². The maximum absolute atomic E-state index is 13.3. The number of rotatable bonds is 7. The largest absolute Gasteiger partial charge is 0.341 e. The molecular weight excluding hydrogens is 260 g/mol. The molecule has 2 aliphatic rings. The third kappa shape index (κ3) is 4.21. The zero-order chi connectivity index (χ0) is 15.3. The fraction of sp³-hybridized carbons (Fsp3) is 0.944. The Labute approximate surface area is 130 Å². The molecule has 122 valence electrons. The van der Waals surface area contributed by atoms with E-state index in [2.05, 4.69) is 31.0 Å². The van der Waals surface area contributed by atoms with E-state index in [0.29, 0.717) is 17.9 Å². The van der Waals surface area contributed by atoms with Crippen LogP contribution < -0.4 is 5.32 Å². The van der Waals surface area contributed by atoms with Crippen LogP contribution in [0, 0.1) is 11.3 Å². The van der Waals surface area contributed by atoms with Crippen LogP contribution in [0.5, 0.6) is 0 Å². The second-order valence-corrected chi connectivity index (χ2v) is 7.63. The van der Waals surface area contributed by atoms with E-state index in [4.69, 9.17) is 0 Å². The predicted molar refractivity (Wildman–Crippen MR) is 88.3 cm³/mol. The highest BCUT2D eigenvalue weighted by Gasteiger charge is 2.43.